The zero-order valence-corrected chi connectivity index (χ0v) is 11.5. The van der Waals surface area contributed by atoms with Crippen molar-refractivity contribution in [3.8, 4) is 0 Å². The molecule has 0 radical (unpaired) electrons. The van der Waals surface area contributed by atoms with E-state index in [1.54, 1.807) is 12.1 Å². The second kappa shape index (κ2) is 5.95. The lowest BCUT2D eigenvalue weighted by Gasteiger charge is -2.09. The molecule has 0 aliphatic heterocycles. The molecule has 0 aliphatic carbocycles. The molecule has 1 aromatic heterocycles. The average molecular weight is 294 g/mol. The largest absolute Gasteiger partial charge is 0.322 e. The number of aromatic nitrogens is 1. The molecule has 0 bridgehead atoms. The number of benzene rings is 1. The molecule has 1 N–H and O–H groups in total. The van der Waals surface area contributed by atoms with Gasteiger partial charge in [-0.2, -0.15) is 13.8 Å². The number of nitrogens with one attached hydrogen (secondary N) is 1. The van der Waals surface area contributed by atoms with E-state index >= 15 is 0 Å². The van der Waals surface area contributed by atoms with Crippen molar-refractivity contribution in [3.05, 3.63) is 59.2 Å². The second-order valence-electron chi connectivity index (χ2n) is 4.83. The van der Waals surface area contributed by atoms with E-state index in [0.717, 1.165) is 5.56 Å². The quantitative estimate of drug-likeness (QED) is 0.873. The van der Waals surface area contributed by atoms with Gasteiger partial charge in [0.05, 0.1) is 5.56 Å². The molecule has 0 saturated carbocycles. The summed E-state index contributed by atoms with van der Waals surface area (Å²) in [6, 6.07) is 7.45. The summed E-state index contributed by atoms with van der Waals surface area (Å²) in [4.78, 5) is 14.5. The average Bonchev–Trinajstić information content (AvgIpc) is 2.43. The second-order valence-corrected chi connectivity index (χ2v) is 4.83. The monoisotopic (exact) mass is 294 g/mol. The van der Waals surface area contributed by atoms with E-state index in [4.69, 9.17) is 0 Å². The summed E-state index contributed by atoms with van der Waals surface area (Å²) in [5.74, 6) is -4.99. The fourth-order valence-electron chi connectivity index (χ4n) is 1.78. The number of amides is 1. The van der Waals surface area contributed by atoms with E-state index in [0.29, 0.717) is 17.7 Å². The third-order valence-electron chi connectivity index (χ3n) is 2.97. The Morgan fingerprint density at radius 3 is 2.33 bits per heavy atom. The van der Waals surface area contributed by atoms with Crippen LogP contribution < -0.4 is 5.32 Å². The minimum atomic E-state index is -1.64. The summed E-state index contributed by atoms with van der Waals surface area (Å²) in [6.45, 7) is 4.04. The van der Waals surface area contributed by atoms with Crippen LogP contribution in [0.4, 0.5) is 18.9 Å². The molecule has 3 nitrogen and oxygen atoms in total. The molecule has 0 saturated heterocycles. The summed E-state index contributed by atoms with van der Waals surface area (Å²) in [6.07, 6.45) is 0. The van der Waals surface area contributed by atoms with Gasteiger partial charge in [0.15, 0.2) is 5.82 Å². The van der Waals surface area contributed by atoms with Gasteiger partial charge < -0.3 is 5.32 Å². The Balaban J connectivity index is 2.22. The summed E-state index contributed by atoms with van der Waals surface area (Å²) < 4.78 is 39.4. The molecule has 1 aromatic carbocycles. The molecule has 2 rings (SSSR count). The standard InChI is InChI=1S/C15H13F3N2O/c1-8(2)9-3-5-10(6-4-9)19-15(21)11-7-12(16)20-14(18)13(11)17/h3-8H,1-2H3,(H,19,21). The van der Waals surface area contributed by atoms with Gasteiger partial charge in [-0.3, -0.25) is 4.79 Å². The molecule has 21 heavy (non-hydrogen) atoms. The molecular weight excluding hydrogens is 281 g/mol. The molecule has 0 unspecified atom stereocenters. The highest BCUT2D eigenvalue weighted by Crippen LogP contribution is 2.18. The number of rotatable bonds is 3. The number of nitrogens with zero attached hydrogens (tertiary/aromatic N) is 1. The fourth-order valence-corrected chi connectivity index (χ4v) is 1.78. The van der Waals surface area contributed by atoms with Crippen LogP contribution in [0.1, 0.15) is 35.7 Å². The van der Waals surface area contributed by atoms with Crippen LogP contribution in [0.15, 0.2) is 30.3 Å². The van der Waals surface area contributed by atoms with Gasteiger partial charge in [0, 0.05) is 11.8 Å². The first-order chi connectivity index (χ1) is 9.88. The van der Waals surface area contributed by atoms with Crippen molar-refractivity contribution in [1.29, 1.82) is 0 Å². The smallest absolute Gasteiger partial charge is 0.258 e. The topological polar surface area (TPSA) is 42.0 Å². The number of halogens is 3. The molecule has 0 aliphatic rings. The van der Waals surface area contributed by atoms with Gasteiger partial charge >= 0.3 is 0 Å². The van der Waals surface area contributed by atoms with Gasteiger partial charge in [-0.25, -0.2) is 4.39 Å². The number of carbonyl (C=O) groups is 1. The van der Waals surface area contributed by atoms with Crippen LogP contribution in [0, 0.1) is 17.7 Å². The molecule has 0 fully saturated rings. The van der Waals surface area contributed by atoms with Crippen LogP contribution in [0.2, 0.25) is 0 Å². The highest BCUT2D eigenvalue weighted by molar-refractivity contribution is 6.04. The minimum Gasteiger partial charge on any atom is -0.322 e. The van der Waals surface area contributed by atoms with Crippen LogP contribution in [0.5, 0.6) is 0 Å². The molecular formula is C15H13F3N2O. The normalized spacial score (nSPS) is 10.8. The van der Waals surface area contributed by atoms with Gasteiger partial charge in [0.1, 0.15) is 0 Å². The molecule has 2 aromatic rings. The lowest BCUT2D eigenvalue weighted by atomic mass is 10.0. The number of hydrogen-bond donors (Lipinski definition) is 1. The number of pyridine rings is 1. The van der Waals surface area contributed by atoms with Crippen LogP contribution in [0.3, 0.4) is 0 Å². The first kappa shape index (κ1) is 15.0. The Labute approximate surface area is 119 Å². The third-order valence-corrected chi connectivity index (χ3v) is 2.97. The van der Waals surface area contributed by atoms with Gasteiger partial charge in [0.2, 0.25) is 5.95 Å². The van der Waals surface area contributed by atoms with Gasteiger partial charge in [-0.1, -0.05) is 26.0 Å². The maximum atomic E-state index is 13.4. The number of carbonyl (C=O) groups excluding carboxylic acids is 1. The zero-order valence-electron chi connectivity index (χ0n) is 11.5. The summed E-state index contributed by atoms with van der Waals surface area (Å²) in [5, 5.41) is 2.38. The molecule has 110 valence electrons. The predicted octanol–water partition coefficient (Wildman–Crippen LogP) is 3.87. The van der Waals surface area contributed by atoms with Crippen molar-refractivity contribution in [2.45, 2.75) is 19.8 Å². The van der Waals surface area contributed by atoms with Crippen LogP contribution in [-0.2, 0) is 0 Å². The number of anilines is 1. The van der Waals surface area contributed by atoms with Crippen molar-refractivity contribution >= 4 is 11.6 Å². The van der Waals surface area contributed by atoms with Gasteiger partial charge in [-0.05, 0) is 23.6 Å². The Hall–Kier alpha value is -2.37. The molecule has 0 spiro atoms. The SMILES string of the molecule is CC(C)c1ccc(NC(=O)c2cc(F)nc(F)c2F)cc1. The summed E-state index contributed by atoms with van der Waals surface area (Å²) in [5.41, 5.74) is 0.745. The lowest BCUT2D eigenvalue weighted by molar-refractivity contribution is 0.102. The molecule has 1 heterocycles. The Morgan fingerprint density at radius 2 is 1.76 bits per heavy atom. The van der Waals surface area contributed by atoms with E-state index in [9.17, 15) is 18.0 Å². The highest BCUT2D eigenvalue weighted by Gasteiger charge is 2.19. The van der Waals surface area contributed by atoms with Gasteiger partial charge in [-0.15, -0.1) is 0 Å². The lowest BCUT2D eigenvalue weighted by Crippen LogP contribution is -2.16. The zero-order chi connectivity index (χ0) is 15.6. The minimum absolute atomic E-state index is 0.329. The maximum absolute atomic E-state index is 13.4. The van der Waals surface area contributed by atoms with Crippen molar-refractivity contribution in [2.75, 3.05) is 5.32 Å². The first-order valence-corrected chi connectivity index (χ1v) is 6.31. The Bertz CT molecular complexity index is 669. The van der Waals surface area contributed by atoms with Crippen molar-refractivity contribution < 1.29 is 18.0 Å². The Morgan fingerprint density at radius 1 is 1.14 bits per heavy atom. The predicted molar refractivity (Wildman–Crippen MR) is 72.6 cm³/mol. The van der Waals surface area contributed by atoms with E-state index in [1.807, 2.05) is 26.0 Å². The molecule has 1 amide bonds. The van der Waals surface area contributed by atoms with E-state index in [2.05, 4.69) is 10.3 Å². The molecule has 0 atom stereocenters. The highest BCUT2D eigenvalue weighted by atomic mass is 19.2. The first-order valence-electron chi connectivity index (χ1n) is 6.31. The van der Waals surface area contributed by atoms with E-state index in [-0.39, 0.29) is 0 Å². The van der Waals surface area contributed by atoms with Crippen molar-refractivity contribution in [3.63, 3.8) is 0 Å². The summed E-state index contributed by atoms with van der Waals surface area (Å²) in [7, 11) is 0. The summed E-state index contributed by atoms with van der Waals surface area (Å²) >= 11 is 0. The number of hydrogen-bond acceptors (Lipinski definition) is 2. The van der Waals surface area contributed by atoms with Crippen LogP contribution in [-0.4, -0.2) is 10.9 Å². The van der Waals surface area contributed by atoms with E-state index < -0.39 is 29.2 Å². The Kier molecular flexibility index (Phi) is 4.26. The molecule has 6 heteroatoms. The maximum Gasteiger partial charge on any atom is 0.258 e. The fraction of sp³-hybridized carbons (Fsp3) is 0.200. The third kappa shape index (κ3) is 3.39. The van der Waals surface area contributed by atoms with Crippen LogP contribution >= 0.6 is 0 Å². The van der Waals surface area contributed by atoms with E-state index in [1.165, 1.54) is 0 Å². The van der Waals surface area contributed by atoms with Gasteiger partial charge in [0.25, 0.3) is 11.9 Å². The van der Waals surface area contributed by atoms with Crippen molar-refractivity contribution in [1.82, 2.24) is 4.98 Å². The van der Waals surface area contributed by atoms with Crippen LogP contribution in [0.25, 0.3) is 0 Å². The van der Waals surface area contributed by atoms with Crippen molar-refractivity contribution in [2.24, 2.45) is 0 Å².